The number of likely N-dealkylation sites (N-methyl/N-ethyl adjacent to an activating group) is 1. The predicted molar refractivity (Wildman–Crippen MR) is 136 cm³/mol. The summed E-state index contributed by atoms with van der Waals surface area (Å²) < 4.78 is 5.40. The first kappa shape index (κ1) is 25.9. The number of carbonyl (C=O) groups is 2. The van der Waals surface area contributed by atoms with E-state index in [0.29, 0.717) is 12.7 Å². The predicted octanol–water partition coefficient (Wildman–Crippen LogP) is 2.98. The summed E-state index contributed by atoms with van der Waals surface area (Å²) in [6, 6.07) is 15.8. The van der Waals surface area contributed by atoms with E-state index in [9.17, 15) is 9.59 Å². The van der Waals surface area contributed by atoms with Crippen molar-refractivity contribution in [2.45, 2.75) is 25.9 Å². The van der Waals surface area contributed by atoms with Gasteiger partial charge < -0.3 is 14.7 Å². The zero-order valence-electron chi connectivity index (χ0n) is 20.2. The van der Waals surface area contributed by atoms with Crippen molar-refractivity contribution in [2.24, 2.45) is 4.99 Å². The third-order valence-corrected chi connectivity index (χ3v) is 5.74. The average Bonchev–Trinajstić information content (AvgIpc) is 2.87. The van der Waals surface area contributed by atoms with Crippen molar-refractivity contribution in [3.8, 4) is 11.8 Å². The second-order valence-electron chi connectivity index (χ2n) is 8.46. The van der Waals surface area contributed by atoms with Gasteiger partial charge in [0.15, 0.2) is 17.8 Å². The molecule has 0 aromatic heterocycles. The maximum absolute atomic E-state index is 12.1. The molecule has 7 nitrogen and oxygen atoms in total. The van der Waals surface area contributed by atoms with Gasteiger partial charge in [-0.2, -0.15) is 0 Å². The Morgan fingerprint density at radius 2 is 1.66 bits per heavy atom. The fourth-order valence-electron chi connectivity index (χ4n) is 3.70. The number of nitrogens with zero attached hydrogens (tertiary/aromatic N) is 3. The summed E-state index contributed by atoms with van der Waals surface area (Å²) >= 11 is 0. The van der Waals surface area contributed by atoms with E-state index in [-0.39, 0.29) is 5.78 Å². The molecule has 1 fully saturated rings. The lowest BCUT2D eigenvalue weighted by Gasteiger charge is -2.26. The Labute approximate surface area is 206 Å². The maximum atomic E-state index is 12.1. The number of carbonyl (C=O) groups excluding carboxylic acids is 2. The van der Waals surface area contributed by atoms with Crippen LogP contribution >= 0.6 is 0 Å². The molecule has 2 aromatic rings. The molecule has 0 radical (unpaired) electrons. The molecule has 1 unspecified atom stereocenters. The lowest BCUT2D eigenvalue weighted by molar-refractivity contribution is -0.120. The van der Waals surface area contributed by atoms with Gasteiger partial charge in [0.1, 0.15) is 0 Å². The van der Waals surface area contributed by atoms with Crippen molar-refractivity contribution in [3.63, 3.8) is 0 Å². The number of aliphatic hydroxyl groups is 1. The summed E-state index contributed by atoms with van der Waals surface area (Å²) in [6.07, 6.45) is 3.25. The van der Waals surface area contributed by atoms with Crippen molar-refractivity contribution < 1.29 is 19.4 Å². The minimum atomic E-state index is -0.477. The molecule has 182 valence electrons. The van der Waals surface area contributed by atoms with Crippen LogP contribution in [0.1, 0.15) is 29.2 Å². The number of hydrogen-bond acceptors (Lipinski definition) is 6. The molecule has 0 saturated carbocycles. The maximum Gasteiger partial charge on any atom is 0.186 e. The van der Waals surface area contributed by atoms with Crippen LogP contribution in [0.5, 0.6) is 0 Å². The third-order valence-electron chi connectivity index (χ3n) is 5.74. The van der Waals surface area contributed by atoms with Gasteiger partial charge in [0.2, 0.25) is 0 Å². The average molecular weight is 474 g/mol. The summed E-state index contributed by atoms with van der Waals surface area (Å²) in [5.41, 5.74) is 4.13. The highest BCUT2D eigenvalue weighted by atomic mass is 16.5. The van der Waals surface area contributed by atoms with Gasteiger partial charge in [0.05, 0.1) is 31.8 Å². The summed E-state index contributed by atoms with van der Waals surface area (Å²) in [7, 11) is 1.73. The number of morpholine rings is 1. The first-order valence-electron chi connectivity index (χ1n) is 11.5. The van der Waals surface area contributed by atoms with E-state index in [0.717, 1.165) is 55.7 Å². The largest absolute Gasteiger partial charge is 0.503 e. The third kappa shape index (κ3) is 8.53. The molecule has 1 atom stereocenters. The van der Waals surface area contributed by atoms with E-state index in [4.69, 9.17) is 9.84 Å². The van der Waals surface area contributed by atoms with Crippen LogP contribution in [0.2, 0.25) is 0 Å². The fraction of sp³-hybridized carbons (Fsp3) is 0.321. The van der Waals surface area contributed by atoms with E-state index in [1.54, 1.807) is 11.9 Å². The number of ether oxygens (including phenoxy) is 1. The Kier molecular flexibility index (Phi) is 9.79. The standard InChI is InChI=1S/C28H31N3O4/c1-22(33)28(30(2)21-29-18-27(34)20-32)17-25-9-5-23(6-10-25)3-4-24-7-11-26(12-8-24)19-31-13-15-35-16-14-31/h5-12,18,20-21,28,34H,13-17,19H2,1-2H3/b27-18+,29-21?. The van der Waals surface area contributed by atoms with Crippen molar-refractivity contribution in [1.82, 2.24) is 9.80 Å². The SMILES string of the molecule is CC(=O)C(Cc1ccc(C#Cc2ccc(CN3CCOCC3)cc2)cc1)N(C)C=N/C=C(/O)C=O. The van der Waals surface area contributed by atoms with Crippen LogP contribution in [-0.2, 0) is 27.3 Å². The van der Waals surface area contributed by atoms with Crippen LogP contribution in [0.4, 0.5) is 0 Å². The van der Waals surface area contributed by atoms with Crippen molar-refractivity contribution in [3.05, 3.63) is 82.7 Å². The Balaban J connectivity index is 1.58. The Bertz CT molecular complexity index is 1110. The van der Waals surface area contributed by atoms with E-state index < -0.39 is 11.8 Å². The topological polar surface area (TPSA) is 82.4 Å². The molecule has 7 heteroatoms. The summed E-state index contributed by atoms with van der Waals surface area (Å²) in [5.74, 6) is 5.92. The van der Waals surface area contributed by atoms with Gasteiger partial charge in [-0.3, -0.25) is 14.5 Å². The number of hydrogen-bond donors (Lipinski definition) is 1. The number of aldehydes is 1. The molecule has 3 rings (SSSR count). The fourth-order valence-corrected chi connectivity index (χ4v) is 3.70. The van der Waals surface area contributed by atoms with Gasteiger partial charge in [-0.15, -0.1) is 0 Å². The quantitative estimate of drug-likeness (QED) is 0.151. The van der Waals surface area contributed by atoms with Gasteiger partial charge in [-0.1, -0.05) is 36.1 Å². The molecule has 1 aliphatic rings. The van der Waals surface area contributed by atoms with Crippen LogP contribution < -0.4 is 0 Å². The molecular weight excluding hydrogens is 442 g/mol. The smallest absolute Gasteiger partial charge is 0.186 e. The highest BCUT2D eigenvalue weighted by Gasteiger charge is 2.18. The molecule has 0 spiro atoms. The first-order chi connectivity index (χ1) is 16.9. The number of aliphatic imine (C=N–C) groups is 1. The molecule has 1 heterocycles. The molecule has 1 N–H and O–H groups in total. The van der Waals surface area contributed by atoms with Crippen LogP contribution in [0.3, 0.4) is 0 Å². The Morgan fingerprint density at radius 1 is 1.09 bits per heavy atom. The lowest BCUT2D eigenvalue weighted by Crippen LogP contribution is -2.38. The zero-order valence-corrected chi connectivity index (χ0v) is 20.2. The number of ketones is 1. The van der Waals surface area contributed by atoms with E-state index in [2.05, 4.69) is 46.0 Å². The highest BCUT2D eigenvalue weighted by molar-refractivity contribution is 5.84. The Hall–Kier alpha value is -3.73. The molecule has 35 heavy (non-hydrogen) atoms. The molecule has 2 aromatic carbocycles. The Morgan fingerprint density at radius 3 is 2.20 bits per heavy atom. The van der Waals surface area contributed by atoms with E-state index >= 15 is 0 Å². The molecule has 0 bridgehead atoms. The first-order valence-corrected chi connectivity index (χ1v) is 11.5. The molecular formula is C28H31N3O4. The summed E-state index contributed by atoms with van der Waals surface area (Å²) in [5, 5.41) is 9.15. The lowest BCUT2D eigenvalue weighted by atomic mass is 10.0. The summed E-state index contributed by atoms with van der Waals surface area (Å²) in [4.78, 5) is 30.5. The minimum Gasteiger partial charge on any atom is -0.503 e. The van der Waals surface area contributed by atoms with Crippen molar-refractivity contribution in [2.75, 3.05) is 33.4 Å². The number of benzene rings is 2. The minimum absolute atomic E-state index is 0.0107. The van der Waals surface area contributed by atoms with Crippen LogP contribution in [0, 0.1) is 11.8 Å². The van der Waals surface area contributed by atoms with E-state index in [1.807, 2.05) is 24.3 Å². The van der Waals surface area contributed by atoms with Crippen LogP contribution in [-0.4, -0.2) is 72.7 Å². The monoisotopic (exact) mass is 473 g/mol. The van der Waals surface area contributed by atoms with Crippen molar-refractivity contribution in [1.29, 1.82) is 0 Å². The highest BCUT2D eigenvalue weighted by Crippen LogP contribution is 2.12. The summed E-state index contributed by atoms with van der Waals surface area (Å²) in [6.45, 7) is 6.00. The number of aliphatic hydroxyl groups excluding tert-OH is 1. The van der Waals surface area contributed by atoms with E-state index in [1.165, 1.54) is 18.8 Å². The molecule has 1 saturated heterocycles. The van der Waals surface area contributed by atoms with Crippen molar-refractivity contribution >= 4 is 18.4 Å². The van der Waals surface area contributed by atoms with Crippen LogP contribution in [0.15, 0.2) is 65.5 Å². The molecule has 0 amide bonds. The number of rotatable bonds is 9. The second kappa shape index (κ2) is 13.2. The number of allylic oxidation sites excluding steroid dienone is 1. The molecule has 0 aliphatic carbocycles. The zero-order chi connectivity index (χ0) is 25.0. The van der Waals surface area contributed by atoms with Gasteiger partial charge in [0, 0.05) is 37.8 Å². The molecule has 1 aliphatic heterocycles. The second-order valence-corrected chi connectivity index (χ2v) is 8.46. The van der Waals surface area contributed by atoms with Gasteiger partial charge in [-0.05, 0) is 48.7 Å². The normalized spacial score (nSPS) is 15.3. The number of Topliss-reactive ketones (excluding diaryl/α,β-unsaturated/α-hetero) is 1. The van der Waals surface area contributed by atoms with Gasteiger partial charge in [0.25, 0.3) is 0 Å². The van der Waals surface area contributed by atoms with Gasteiger partial charge >= 0.3 is 0 Å². The van der Waals surface area contributed by atoms with Crippen LogP contribution in [0.25, 0.3) is 0 Å². The van der Waals surface area contributed by atoms with Gasteiger partial charge in [-0.25, -0.2) is 4.99 Å².